The molecule has 6 heteroatoms. The lowest BCUT2D eigenvalue weighted by atomic mass is 9.85. The molecule has 34 heavy (non-hydrogen) atoms. The molecule has 1 N–H and O–H groups in total. The van der Waals surface area contributed by atoms with Crippen LogP contribution in [0.4, 0.5) is 4.39 Å². The predicted octanol–water partition coefficient (Wildman–Crippen LogP) is 5.56. The number of H-pyrrole nitrogens is 1. The van der Waals surface area contributed by atoms with Gasteiger partial charge in [0.2, 0.25) is 0 Å². The Hall–Kier alpha value is -3.51. The van der Waals surface area contributed by atoms with Crippen molar-refractivity contribution in [1.29, 1.82) is 0 Å². The second kappa shape index (κ2) is 8.37. The van der Waals surface area contributed by atoms with E-state index in [1.165, 1.54) is 39.9 Å². The summed E-state index contributed by atoms with van der Waals surface area (Å²) in [5.74, 6) is 2.09. The number of nitrogens with one attached hydrogen (secondary N) is 1. The molecule has 3 aromatic carbocycles. The third-order valence-corrected chi connectivity index (χ3v) is 7.16. The number of fused-ring (bicyclic) bond motifs is 6. The fourth-order valence-electron chi connectivity index (χ4n) is 5.38. The van der Waals surface area contributed by atoms with Gasteiger partial charge >= 0.3 is 0 Å². The molecule has 3 heterocycles. The van der Waals surface area contributed by atoms with Gasteiger partial charge in [-0.05, 0) is 77.6 Å². The van der Waals surface area contributed by atoms with Gasteiger partial charge in [-0.2, -0.15) is 0 Å². The summed E-state index contributed by atoms with van der Waals surface area (Å²) < 4.78 is 30.6. The van der Waals surface area contributed by atoms with Gasteiger partial charge < -0.3 is 19.2 Å². The first-order valence-corrected chi connectivity index (χ1v) is 11.6. The number of hydrogen-bond donors (Lipinski definition) is 1. The van der Waals surface area contributed by atoms with Gasteiger partial charge in [-0.1, -0.05) is 12.1 Å². The van der Waals surface area contributed by atoms with E-state index in [2.05, 4.69) is 34.1 Å². The van der Waals surface area contributed by atoms with Crippen LogP contribution in [0.5, 0.6) is 17.2 Å². The van der Waals surface area contributed by atoms with Crippen LogP contribution in [0.15, 0.2) is 54.6 Å². The number of rotatable bonds is 5. The van der Waals surface area contributed by atoms with E-state index in [4.69, 9.17) is 14.2 Å². The number of aromatic nitrogens is 1. The average Bonchev–Trinajstić information content (AvgIpc) is 3.23. The van der Waals surface area contributed by atoms with Crippen LogP contribution in [-0.2, 0) is 26.0 Å². The van der Waals surface area contributed by atoms with Gasteiger partial charge in [0.1, 0.15) is 18.2 Å². The maximum absolute atomic E-state index is 13.3. The van der Waals surface area contributed by atoms with Gasteiger partial charge in [0.25, 0.3) is 0 Å². The summed E-state index contributed by atoms with van der Waals surface area (Å²) in [5, 5.41) is 1.24. The fourth-order valence-corrected chi connectivity index (χ4v) is 5.38. The number of ether oxygens (including phenoxy) is 3. The minimum Gasteiger partial charge on any atom is -0.497 e. The first kappa shape index (κ1) is 21.1. The molecule has 1 atom stereocenters. The van der Waals surface area contributed by atoms with Crippen LogP contribution in [0.3, 0.4) is 0 Å². The number of benzene rings is 3. The Labute approximate surface area is 198 Å². The Morgan fingerprint density at radius 3 is 2.65 bits per heavy atom. The van der Waals surface area contributed by atoms with Crippen molar-refractivity contribution in [1.82, 2.24) is 9.88 Å². The topological polar surface area (TPSA) is 46.7 Å². The van der Waals surface area contributed by atoms with E-state index in [1.807, 2.05) is 6.07 Å². The van der Waals surface area contributed by atoms with Crippen molar-refractivity contribution in [2.45, 2.75) is 32.0 Å². The van der Waals surface area contributed by atoms with Gasteiger partial charge in [-0.25, -0.2) is 4.39 Å². The van der Waals surface area contributed by atoms with Crippen LogP contribution < -0.4 is 14.2 Å². The van der Waals surface area contributed by atoms with Crippen molar-refractivity contribution in [3.63, 3.8) is 0 Å². The molecule has 2 aliphatic rings. The van der Waals surface area contributed by atoms with Crippen LogP contribution in [0.1, 0.15) is 34.0 Å². The van der Waals surface area contributed by atoms with Gasteiger partial charge in [0, 0.05) is 35.7 Å². The van der Waals surface area contributed by atoms with E-state index in [0.29, 0.717) is 6.61 Å². The van der Waals surface area contributed by atoms with E-state index in [1.54, 1.807) is 26.4 Å². The quantitative estimate of drug-likeness (QED) is 0.425. The van der Waals surface area contributed by atoms with Gasteiger partial charge in [0.15, 0.2) is 11.5 Å². The van der Waals surface area contributed by atoms with E-state index in [9.17, 15) is 4.39 Å². The number of aromatic amines is 1. The highest BCUT2D eigenvalue weighted by molar-refractivity contribution is 5.86. The molecular weight excluding hydrogens is 431 g/mol. The van der Waals surface area contributed by atoms with Crippen LogP contribution in [0.2, 0.25) is 0 Å². The molecule has 4 aromatic rings. The fraction of sp³-hybridized carbons (Fsp3) is 0.286. The molecule has 0 amide bonds. The lowest BCUT2D eigenvalue weighted by Crippen LogP contribution is -2.39. The van der Waals surface area contributed by atoms with Gasteiger partial charge in [-0.15, -0.1) is 0 Å². The second-order valence-corrected chi connectivity index (χ2v) is 9.05. The van der Waals surface area contributed by atoms with Crippen molar-refractivity contribution < 1.29 is 18.6 Å². The Balaban J connectivity index is 1.34. The predicted molar refractivity (Wildman–Crippen MR) is 129 cm³/mol. The number of hydrogen-bond acceptors (Lipinski definition) is 4. The number of methoxy groups -OCH3 is 2. The van der Waals surface area contributed by atoms with Gasteiger partial charge in [-0.3, -0.25) is 4.90 Å². The molecule has 174 valence electrons. The zero-order valence-electron chi connectivity index (χ0n) is 19.4. The first-order chi connectivity index (χ1) is 16.6. The van der Waals surface area contributed by atoms with Crippen LogP contribution in [0.25, 0.3) is 10.9 Å². The molecule has 1 unspecified atom stereocenters. The molecule has 0 saturated heterocycles. The van der Waals surface area contributed by atoms with E-state index < -0.39 is 0 Å². The summed E-state index contributed by atoms with van der Waals surface area (Å²) in [6.45, 7) is 2.26. The summed E-state index contributed by atoms with van der Waals surface area (Å²) in [5.41, 5.74) is 7.34. The minimum absolute atomic E-state index is 0.248. The molecule has 6 rings (SSSR count). The van der Waals surface area contributed by atoms with E-state index in [0.717, 1.165) is 54.3 Å². The molecule has 2 aliphatic heterocycles. The summed E-state index contributed by atoms with van der Waals surface area (Å²) in [6, 6.07) is 17.2. The van der Waals surface area contributed by atoms with Crippen molar-refractivity contribution in [2.24, 2.45) is 0 Å². The Morgan fingerprint density at radius 1 is 1.00 bits per heavy atom. The third-order valence-electron chi connectivity index (χ3n) is 7.16. The highest BCUT2D eigenvalue weighted by Crippen LogP contribution is 2.44. The molecule has 0 aliphatic carbocycles. The molecule has 0 saturated carbocycles. The molecule has 5 nitrogen and oxygen atoms in total. The highest BCUT2D eigenvalue weighted by atomic mass is 19.1. The highest BCUT2D eigenvalue weighted by Gasteiger charge is 2.34. The van der Waals surface area contributed by atoms with Crippen LogP contribution in [0, 0.1) is 5.82 Å². The molecule has 0 spiro atoms. The SMILES string of the molecule is COc1ccc2[nH]c3c(c2c1)CC1c2cc(OCc4ccc(F)cc4)c(OC)cc2CCN1C3. The lowest BCUT2D eigenvalue weighted by Gasteiger charge is -2.40. The smallest absolute Gasteiger partial charge is 0.162 e. The van der Waals surface area contributed by atoms with Crippen LogP contribution >= 0.6 is 0 Å². The molecule has 1 aromatic heterocycles. The summed E-state index contributed by atoms with van der Waals surface area (Å²) in [6.07, 6.45) is 1.91. The largest absolute Gasteiger partial charge is 0.497 e. The molecular formula is C28H27FN2O3. The third kappa shape index (κ3) is 3.59. The molecule has 0 bridgehead atoms. The Kier molecular flexibility index (Phi) is 5.18. The number of halogens is 1. The Morgan fingerprint density at radius 2 is 1.85 bits per heavy atom. The normalized spacial score (nSPS) is 17.1. The summed E-state index contributed by atoms with van der Waals surface area (Å²) >= 11 is 0. The average molecular weight is 459 g/mol. The summed E-state index contributed by atoms with van der Waals surface area (Å²) in [4.78, 5) is 6.18. The lowest BCUT2D eigenvalue weighted by molar-refractivity contribution is 0.158. The maximum Gasteiger partial charge on any atom is 0.162 e. The standard InChI is InChI=1S/C28H27FN2O3/c1-32-20-7-8-24-22(12-20)23-13-26-21-14-28(34-16-17-3-5-19(29)6-4-17)27(33-2)11-18(21)9-10-31(26)15-25(23)30-24/h3-8,11-12,14,26,30H,9-10,13,15-16H2,1-2H3. The van der Waals surface area contributed by atoms with Crippen molar-refractivity contribution in [3.8, 4) is 17.2 Å². The number of nitrogens with zero attached hydrogens (tertiary/aromatic N) is 1. The van der Waals surface area contributed by atoms with E-state index >= 15 is 0 Å². The van der Waals surface area contributed by atoms with Crippen molar-refractivity contribution >= 4 is 10.9 Å². The monoisotopic (exact) mass is 458 g/mol. The van der Waals surface area contributed by atoms with E-state index in [-0.39, 0.29) is 11.9 Å². The molecule has 0 radical (unpaired) electrons. The zero-order chi connectivity index (χ0) is 23.2. The maximum atomic E-state index is 13.3. The Bertz CT molecular complexity index is 1360. The van der Waals surface area contributed by atoms with Crippen molar-refractivity contribution in [2.75, 3.05) is 20.8 Å². The summed E-state index contributed by atoms with van der Waals surface area (Å²) in [7, 11) is 3.38. The molecule has 0 fully saturated rings. The minimum atomic E-state index is -0.248. The van der Waals surface area contributed by atoms with Gasteiger partial charge in [0.05, 0.1) is 14.2 Å². The van der Waals surface area contributed by atoms with Crippen LogP contribution in [-0.4, -0.2) is 30.6 Å². The van der Waals surface area contributed by atoms with Crippen molar-refractivity contribution in [3.05, 3.63) is 88.4 Å². The first-order valence-electron chi connectivity index (χ1n) is 11.6. The second-order valence-electron chi connectivity index (χ2n) is 9.05. The zero-order valence-corrected chi connectivity index (χ0v) is 19.4.